The highest BCUT2D eigenvalue weighted by Gasteiger charge is 2.18. The van der Waals surface area contributed by atoms with Crippen LogP contribution in [0.5, 0.6) is 5.75 Å². The van der Waals surface area contributed by atoms with Gasteiger partial charge in [0.2, 0.25) is 5.91 Å². The summed E-state index contributed by atoms with van der Waals surface area (Å²) < 4.78 is 6.40. The molecule has 0 bridgehead atoms. The third kappa shape index (κ3) is 4.71. The maximum absolute atomic E-state index is 12.7. The van der Waals surface area contributed by atoms with E-state index in [9.17, 15) is 4.79 Å². The third-order valence-corrected chi connectivity index (χ3v) is 4.43. The number of hydrogen-bond acceptors (Lipinski definition) is 4. The molecule has 6 heteroatoms. The van der Waals surface area contributed by atoms with Gasteiger partial charge in [-0.2, -0.15) is 10.5 Å². The quantitative estimate of drug-likeness (QED) is 0.708. The Labute approximate surface area is 155 Å². The number of methoxy groups -OCH3 is 1. The second-order valence-corrected chi connectivity index (χ2v) is 6.40. The Morgan fingerprint density at radius 1 is 1.16 bits per heavy atom. The highest BCUT2D eigenvalue weighted by Crippen LogP contribution is 2.30. The Bertz CT molecular complexity index is 834. The molecule has 0 unspecified atom stereocenters. The molecule has 25 heavy (non-hydrogen) atoms. The number of hydrogen-bond donors (Lipinski definition) is 0. The molecular weight excluding hydrogens is 382 g/mol. The monoisotopic (exact) mass is 399 g/mol. The summed E-state index contributed by atoms with van der Waals surface area (Å²) in [6.07, 6.45) is 0.659. The molecule has 0 saturated heterocycles. The van der Waals surface area contributed by atoms with Gasteiger partial charge < -0.3 is 9.64 Å². The molecule has 1 amide bonds. The van der Waals surface area contributed by atoms with Crippen molar-refractivity contribution in [2.75, 3.05) is 20.2 Å². The van der Waals surface area contributed by atoms with E-state index in [-0.39, 0.29) is 25.2 Å². The topological polar surface area (TPSA) is 77.1 Å². The van der Waals surface area contributed by atoms with Crippen molar-refractivity contribution in [3.63, 3.8) is 0 Å². The molecule has 0 aliphatic rings. The van der Waals surface area contributed by atoms with Gasteiger partial charge in [-0.3, -0.25) is 4.79 Å². The smallest absolute Gasteiger partial charge is 0.227 e. The summed E-state index contributed by atoms with van der Waals surface area (Å²) in [5.41, 5.74) is 0.816. The molecule has 0 aliphatic heterocycles. The van der Waals surface area contributed by atoms with Crippen LogP contribution in [0, 0.1) is 22.7 Å². The van der Waals surface area contributed by atoms with Crippen LogP contribution in [-0.2, 0) is 11.2 Å². The van der Waals surface area contributed by atoms with Crippen molar-refractivity contribution in [1.82, 2.24) is 4.90 Å². The van der Waals surface area contributed by atoms with Crippen LogP contribution in [0.4, 0.5) is 0 Å². The Morgan fingerprint density at radius 2 is 1.84 bits per heavy atom. The largest absolute Gasteiger partial charge is 0.496 e. The number of amides is 1. The summed E-state index contributed by atoms with van der Waals surface area (Å²) in [6, 6.07) is 13.8. The second kappa shape index (κ2) is 9.05. The molecule has 128 valence electrons. The highest BCUT2D eigenvalue weighted by molar-refractivity contribution is 9.10. The number of halogens is 1. The predicted octanol–water partition coefficient (Wildman–Crippen LogP) is 3.81. The van der Waals surface area contributed by atoms with E-state index in [1.54, 1.807) is 12.0 Å². The highest BCUT2D eigenvalue weighted by atomic mass is 79.9. The molecule has 0 saturated carbocycles. The van der Waals surface area contributed by atoms with Crippen LogP contribution in [0.1, 0.15) is 18.4 Å². The normalized spacial score (nSPS) is 10.1. The van der Waals surface area contributed by atoms with E-state index < -0.39 is 0 Å². The van der Waals surface area contributed by atoms with Gasteiger partial charge in [-0.15, -0.1) is 0 Å². The van der Waals surface area contributed by atoms with Gasteiger partial charge in [0.1, 0.15) is 5.75 Å². The van der Waals surface area contributed by atoms with Crippen molar-refractivity contribution >= 4 is 32.6 Å². The lowest BCUT2D eigenvalue weighted by molar-refractivity contribution is -0.130. The standard InChI is InChI=1S/C19H18BrN3O2/c1-25-18-7-4-14-12-15(20)5-6-16(14)17(18)13-19(24)23(10-2-8-21)11-3-9-22/h4-7,12H,2-3,10-11,13H2,1H3. The van der Waals surface area contributed by atoms with E-state index in [0.717, 1.165) is 20.8 Å². The molecule has 0 N–H and O–H groups in total. The molecule has 0 radical (unpaired) electrons. The number of ether oxygens (including phenoxy) is 1. The first-order valence-electron chi connectivity index (χ1n) is 7.87. The first-order valence-corrected chi connectivity index (χ1v) is 8.66. The maximum Gasteiger partial charge on any atom is 0.227 e. The molecule has 0 fully saturated rings. The summed E-state index contributed by atoms with van der Waals surface area (Å²) in [6.45, 7) is 0.658. The molecule has 0 spiro atoms. The minimum absolute atomic E-state index is 0.112. The number of nitriles is 2. The van der Waals surface area contributed by atoms with E-state index in [1.165, 1.54) is 0 Å². The number of fused-ring (bicyclic) bond motifs is 1. The van der Waals surface area contributed by atoms with Gasteiger partial charge in [0.05, 0.1) is 38.5 Å². The molecular formula is C19H18BrN3O2. The number of nitrogens with zero attached hydrogens (tertiary/aromatic N) is 3. The Balaban J connectivity index is 2.35. The second-order valence-electron chi connectivity index (χ2n) is 5.49. The molecule has 2 rings (SSSR count). The van der Waals surface area contributed by atoms with Gasteiger partial charge >= 0.3 is 0 Å². The van der Waals surface area contributed by atoms with E-state index in [2.05, 4.69) is 15.9 Å². The van der Waals surface area contributed by atoms with Crippen molar-refractivity contribution < 1.29 is 9.53 Å². The molecule has 0 heterocycles. The number of carbonyl (C=O) groups excluding carboxylic acids is 1. The van der Waals surface area contributed by atoms with Crippen LogP contribution in [-0.4, -0.2) is 31.0 Å². The van der Waals surface area contributed by atoms with Crippen molar-refractivity contribution in [3.05, 3.63) is 40.4 Å². The average molecular weight is 400 g/mol. The van der Waals surface area contributed by atoms with Gasteiger partial charge in [0, 0.05) is 23.1 Å². The molecule has 0 aliphatic carbocycles. The van der Waals surface area contributed by atoms with E-state index in [4.69, 9.17) is 15.3 Å². The van der Waals surface area contributed by atoms with Crippen LogP contribution in [0.15, 0.2) is 34.8 Å². The molecule has 2 aromatic rings. The minimum Gasteiger partial charge on any atom is -0.496 e. The van der Waals surface area contributed by atoms with E-state index >= 15 is 0 Å². The van der Waals surface area contributed by atoms with Crippen LogP contribution in [0.3, 0.4) is 0 Å². The number of rotatable bonds is 7. The zero-order valence-corrected chi connectivity index (χ0v) is 15.5. The fraction of sp³-hybridized carbons (Fsp3) is 0.316. The maximum atomic E-state index is 12.7. The minimum atomic E-state index is -0.112. The van der Waals surface area contributed by atoms with Crippen molar-refractivity contribution in [1.29, 1.82) is 10.5 Å². The molecule has 2 aromatic carbocycles. The summed E-state index contributed by atoms with van der Waals surface area (Å²) in [5, 5.41) is 19.5. The Kier molecular flexibility index (Phi) is 6.80. The van der Waals surface area contributed by atoms with Gasteiger partial charge in [-0.25, -0.2) is 0 Å². The molecule has 0 aromatic heterocycles. The van der Waals surface area contributed by atoms with Crippen LogP contribution in [0.2, 0.25) is 0 Å². The lowest BCUT2D eigenvalue weighted by atomic mass is 10.0. The first kappa shape index (κ1) is 18.8. The lowest BCUT2D eigenvalue weighted by Gasteiger charge is -2.21. The van der Waals surface area contributed by atoms with Gasteiger partial charge in [0.15, 0.2) is 0 Å². The van der Waals surface area contributed by atoms with Crippen LogP contribution in [0.25, 0.3) is 10.8 Å². The number of carbonyl (C=O) groups is 1. The average Bonchev–Trinajstić information content (AvgIpc) is 2.61. The summed E-state index contributed by atoms with van der Waals surface area (Å²) in [7, 11) is 1.58. The van der Waals surface area contributed by atoms with Gasteiger partial charge in [-0.05, 0) is 29.0 Å². The van der Waals surface area contributed by atoms with Crippen molar-refractivity contribution in [3.8, 4) is 17.9 Å². The van der Waals surface area contributed by atoms with Crippen molar-refractivity contribution in [2.45, 2.75) is 19.3 Å². The SMILES string of the molecule is COc1ccc2cc(Br)ccc2c1CC(=O)N(CCC#N)CCC#N. The fourth-order valence-corrected chi connectivity index (χ4v) is 3.09. The first-order chi connectivity index (χ1) is 12.1. The van der Waals surface area contributed by atoms with Crippen molar-refractivity contribution in [2.24, 2.45) is 0 Å². The fourth-order valence-electron chi connectivity index (χ4n) is 2.71. The zero-order valence-electron chi connectivity index (χ0n) is 14.0. The van der Waals surface area contributed by atoms with E-state index in [0.29, 0.717) is 18.8 Å². The lowest BCUT2D eigenvalue weighted by Crippen LogP contribution is -2.34. The van der Waals surface area contributed by atoms with Crippen LogP contribution < -0.4 is 4.74 Å². The zero-order chi connectivity index (χ0) is 18.2. The summed E-state index contributed by atoms with van der Waals surface area (Å²) >= 11 is 3.46. The summed E-state index contributed by atoms with van der Waals surface area (Å²) in [4.78, 5) is 14.3. The Hall–Kier alpha value is -2.57. The van der Waals surface area contributed by atoms with E-state index in [1.807, 2.05) is 42.5 Å². The predicted molar refractivity (Wildman–Crippen MR) is 98.9 cm³/mol. The third-order valence-electron chi connectivity index (χ3n) is 3.94. The van der Waals surface area contributed by atoms with Crippen LogP contribution >= 0.6 is 15.9 Å². The van der Waals surface area contributed by atoms with Gasteiger partial charge in [0.25, 0.3) is 0 Å². The molecule has 5 nitrogen and oxygen atoms in total. The number of benzene rings is 2. The van der Waals surface area contributed by atoms with Gasteiger partial charge in [-0.1, -0.05) is 28.1 Å². The summed E-state index contributed by atoms with van der Waals surface area (Å²) in [5.74, 6) is 0.544. The Morgan fingerprint density at radius 3 is 2.44 bits per heavy atom. The molecule has 0 atom stereocenters.